The lowest BCUT2D eigenvalue weighted by molar-refractivity contribution is -0.139. The molecule has 3 heteroatoms. The number of hydrogen-bond donors (Lipinski definition) is 2. The summed E-state index contributed by atoms with van der Waals surface area (Å²) in [6.45, 7) is 2.12. The van der Waals surface area contributed by atoms with Crippen molar-refractivity contribution in [2.45, 2.75) is 70.8 Å². The van der Waals surface area contributed by atoms with Gasteiger partial charge >= 0.3 is 5.97 Å². The molecule has 0 aromatic rings. The highest BCUT2D eigenvalue weighted by Crippen LogP contribution is 2.10. The van der Waals surface area contributed by atoms with Gasteiger partial charge in [-0.05, 0) is 25.7 Å². The van der Waals surface area contributed by atoms with Crippen molar-refractivity contribution in [2.75, 3.05) is 0 Å². The second-order valence-electron chi connectivity index (χ2n) is 4.86. The Labute approximate surface area is 117 Å². The fraction of sp³-hybridized carbons (Fsp3) is 0.688. The van der Waals surface area contributed by atoms with Crippen LogP contribution in [0.25, 0.3) is 0 Å². The van der Waals surface area contributed by atoms with E-state index in [1.807, 2.05) is 0 Å². The molecule has 1 atom stereocenters. The first kappa shape index (κ1) is 17.9. The zero-order chi connectivity index (χ0) is 14.3. The molecule has 19 heavy (non-hydrogen) atoms. The molecule has 0 aliphatic carbocycles. The molecule has 0 fully saturated rings. The third-order valence-electron chi connectivity index (χ3n) is 2.94. The fourth-order valence-corrected chi connectivity index (χ4v) is 1.87. The molecule has 1 unspecified atom stereocenters. The number of aliphatic hydroxyl groups excluding tert-OH is 1. The first-order valence-corrected chi connectivity index (χ1v) is 7.38. The van der Waals surface area contributed by atoms with Crippen LogP contribution in [0, 0.1) is 0 Å². The number of allylic oxidation sites excluding steroid dienone is 4. The topological polar surface area (TPSA) is 57.5 Å². The zero-order valence-electron chi connectivity index (χ0n) is 12.1. The minimum atomic E-state index is -0.920. The van der Waals surface area contributed by atoms with Crippen LogP contribution in [0.2, 0.25) is 0 Å². The molecule has 2 N–H and O–H groups in total. The Morgan fingerprint density at radius 1 is 1.05 bits per heavy atom. The van der Waals surface area contributed by atoms with Crippen LogP contribution in [0.1, 0.15) is 64.7 Å². The van der Waals surface area contributed by atoms with Crippen molar-refractivity contribution in [1.29, 1.82) is 0 Å². The van der Waals surface area contributed by atoms with Crippen molar-refractivity contribution in [3.8, 4) is 0 Å². The van der Waals surface area contributed by atoms with E-state index in [1.165, 1.54) is 19.3 Å². The lowest BCUT2D eigenvalue weighted by atomic mass is 10.1. The predicted molar refractivity (Wildman–Crippen MR) is 79.1 cm³/mol. The van der Waals surface area contributed by atoms with Gasteiger partial charge in [0.2, 0.25) is 0 Å². The third-order valence-corrected chi connectivity index (χ3v) is 2.94. The first-order valence-electron chi connectivity index (χ1n) is 7.38. The quantitative estimate of drug-likeness (QED) is 0.414. The number of carboxylic acids is 1. The average molecular weight is 268 g/mol. The van der Waals surface area contributed by atoms with Crippen molar-refractivity contribution in [1.82, 2.24) is 0 Å². The number of carbonyl (C=O) groups is 1. The molecule has 0 aromatic heterocycles. The fourth-order valence-electron chi connectivity index (χ4n) is 1.87. The van der Waals surface area contributed by atoms with Gasteiger partial charge < -0.3 is 10.2 Å². The average Bonchev–Trinajstić information content (AvgIpc) is 2.35. The van der Waals surface area contributed by atoms with Crippen LogP contribution in [0.5, 0.6) is 0 Å². The van der Waals surface area contributed by atoms with Gasteiger partial charge in [-0.2, -0.15) is 0 Å². The highest BCUT2D eigenvalue weighted by molar-refractivity contribution is 5.67. The second kappa shape index (κ2) is 13.3. The molecule has 0 aromatic carbocycles. The molecule has 0 heterocycles. The summed E-state index contributed by atoms with van der Waals surface area (Å²) >= 11 is 0. The van der Waals surface area contributed by atoms with E-state index < -0.39 is 12.1 Å². The largest absolute Gasteiger partial charge is 0.481 e. The molecule has 0 aliphatic rings. The van der Waals surface area contributed by atoms with Crippen molar-refractivity contribution >= 4 is 5.97 Å². The van der Waals surface area contributed by atoms with Crippen LogP contribution in [0.4, 0.5) is 0 Å². The Bertz CT molecular complexity index is 269. The van der Waals surface area contributed by atoms with Crippen LogP contribution >= 0.6 is 0 Å². The maximum absolute atomic E-state index is 10.3. The van der Waals surface area contributed by atoms with Gasteiger partial charge in [-0.15, -0.1) is 0 Å². The van der Waals surface area contributed by atoms with Gasteiger partial charge in [0, 0.05) is 0 Å². The SMILES string of the molecule is CC/C=C/C=C/CCCCCCCC(O)CC(=O)O. The molecule has 0 amide bonds. The Kier molecular flexibility index (Phi) is 12.6. The Morgan fingerprint density at radius 2 is 1.68 bits per heavy atom. The lowest BCUT2D eigenvalue weighted by Gasteiger charge is -2.06. The van der Waals surface area contributed by atoms with E-state index in [2.05, 4.69) is 31.2 Å². The van der Waals surface area contributed by atoms with E-state index in [1.54, 1.807) is 0 Å². The molecular formula is C16H28O3. The number of rotatable bonds is 12. The van der Waals surface area contributed by atoms with Crippen molar-refractivity contribution in [3.63, 3.8) is 0 Å². The third kappa shape index (κ3) is 14.9. The predicted octanol–water partition coefficient (Wildman–Crippen LogP) is 4.08. The number of aliphatic hydroxyl groups is 1. The molecule has 0 aliphatic heterocycles. The Hall–Kier alpha value is -1.09. The van der Waals surface area contributed by atoms with E-state index in [-0.39, 0.29) is 6.42 Å². The number of unbranched alkanes of at least 4 members (excludes halogenated alkanes) is 5. The van der Waals surface area contributed by atoms with E-state index >= 15 is 0 Å². The summed E-state index contributed by atoms with van der Waals surface area (Å²) in [4.78, 5) is 10.3. The van der Waals surface area contributed by atoms with Crippen LogP contribution in [-0.2, 0) is 4.79 Å². The minimum Gasteiger partial charge on any atom is -0.481 e. The second-order valence-corrected chi connectivity index (χ2v) is 4.86. The number of carboxylic acid groups (broad SMARTS) is 1. The summed E-state index contributed by atoms with van der Waals surface area (Å²) in [6.07, 6.45) is 16.1. The Morgan fingerprint density at radius 3 is 2.37 bits per heavy atom. The molecule has 0 saturated heterocycles. The summed E-state index contributed by atoms with van der Waals surface area (Å²) < 4.78 is 0. The van der Waals surface area contributed by atoms with E-state index in [9.17, 15) is 9.90 Å². The van der Waals surface area contributed by atoms with Gasteiger partial charge in [0.25, 0.3) is 0 Å². The monoisotopic (exact) mass is 268 g/mol. The van der Waals surface area contributed by atoms with Crippen molar-refractivity contribution < 1.29 is 15.0 Å². The first-order chi connectivity index (χ1) is 9.16. The molecule has 0 rings (SSSR count). The Balaban J connectivity index is 3.25. The molecule has 0 bridgehead atoms. The maximum atomic E-state index is 10.3. The van der Waals surface area contributed by atoms with Gasteiger partial charge in [0.1, 0.15) is 0 Å². The lowest BCUT2D eigenvalue weighted by Crippen LogP contribution is -2.12. The molecule has 0 spiro atoms. The van der Waals surface area contributed by atoms with Crippen molar-refractivity contribution in [3.05, 3.63) is 24.3 Å². The van der Waals surface area contributed by atoms with Gasteiger partial charge in [-0.3, -0.25) is 4.79 Å². The summed E-state index contributed by atoms with van der Waals surface area (Å²) in [6, 6.07) is 0. The summed E-state index contributed by atoms with van der Waals surface area (Å²) in [5.41, 5.74) is 0. The number of hydrogen-bond acceptors (Lipinski definition) is 2. The normalized spacial score (nSPS) is 13.4. The standard InChI is InChI=1S/C16H28O3/c1-2-3-4-5-6-7-8-9-10-11-12-13-15(17)14-16(18)19/h3-6,15,17H,2,7-14H2,1H3,(H,18,19)/b4-3+,6-5+. The van der Waals surface area contributed by atoms with E-state index in [4.69, 9.17) is 5.11 Å². The zero-order valence-corrected chi connectivity index (χ0v) is 12.1. The van der Waals surface area contributed by atoms with Crippen molar-refractivity contribution in [2.24, 2.45) is 0 Å². The van der Waals surface area contributed by atoms with Crippen LogP contribution < -0.4 is 0 Å². The van der Waals surface area contributed by atoms with Crippen LogP contribution in [0.3, 0.4) is 0 Å². The summed E-state index contributed by atoms with van der Waals surface area (Å²) in [5.74, 6) is -0.920. The molecule has 3 nitrogen and oxygen atoms in total. The van der Waals surface area contributed by atoms with Gasteiger partial charge in [0.05, 0.1) is 12.5 Å². The molecule has 110 valence electrons. The highest BCUT2D eigenvalue weighted by atomic mass is 16.4. The molecule has 0 saturated carbocycles. The molecular weight excluding hydrogens is 240 g/mol. The van der Waals surface area contributed by atoms with E-state index in [0.717, 1.165) is 25.7 Å². The molecule has 0 radical (unpaired) electrons. The van der Waals surface area contributed by atoms with Gasteiger partial charge in [0.15, 0.2) is 0 Å². The number of aliphatic carboxylic acids is 1. The maximum Gasteiger partial charge on any atom is 0.305 e. The minimum absolute atomic E-state index is 0.129. The summed E-state index contributed by atoms with van der Waals surface area (Å²) in [7, 11) is 0. The van der Waals surface area contributed by atoms with Gasteiger partial charge in [-0.1, -0.05) is 56.9 Å². The van der Waals surface area contributed by atoms with E-state index in [0.29, 0.717) is 6.42 Å². The smallest absolute Gasteiger partial charge is 0.305 e. The highest BCUT2D eigenvalue weighted by Gasteiger charge is 2.08. The van der Waals surface area contributed by atoms with Crippen LogP contribution in [0.15, 0.2) is 24.3 Å². The van der Waals surface area contributed by atoms with Crippen LogP contribution in [-0.4, -0.2) is 22.3 Å². The summed E-state index contributed by atoms with van der Waals surface area (Å²) in [5, 5.41) is 17.9. The van der Waals surface area contributed by atoms with Gasteiger partial charge in [-0.25, -0.2) is 0 Å².